The van der Waals surface area contributed by atoms with E-state index in [9.17, 15) is 4.79 Å². The summed E-state index contributed by atoms with van der Waals surface area (Å²) in [4.78, 5) is 12.1. The van der Waals surface area contributed by atoms with Gasteiger partial charge in [-0.1, -0.05) is 11.6 Å². The first-order chi connectivity index (χ1) is 8.16. The van der Waals surface area contributed by atoms with Gasteiger partial charge < -0.3 is 11.1 Å². The highest BCUT2D eigenvalue weighted by Crippen LogP contribution is 2.19. The van der Waals surface area contributed by atoms with Crippen LogP contribution in [0.4, 0.5) is 5.69 Å². The Labute approximate surface area is 106 Å². The summed E-state index contributed by atoms with van der Waals surface area (Å²) in [5.74, 6) is 2.18. The van der Waals surface area contributed by atoms with Crippen molar-refractivity contribution in [2.75, 3.05) is 17.2 Å². The number of hydrogen-bond acceptors (Lipinski definition) is 3. The summed E-state index contributed by atoms with van der Waals surface area (Å²) in [6.45, 7) is 1.96. The molecule has 0 aromatic heterocycles. The lowest BCUT2D eigenvalue weighted by molar-refractivity contribution is 0.0939. The van der Waals surface area contributed by atoms with Crippen LogP contribution in [-0.2, 0) is 0 Å². The van der Waals surface area contributed by atoms with Crippen LogP contribution in [0.5, 0.6) is 0 Å². The average molecular weight is 250 g/mol. The van der Waals surface area contributed by atoms with Gasteiger partial charge in [-0.05, 0) is 37.7 Å². The summed E-state index contributed by atoms with van der Waals surface area (Å²) in [6, 6.07) is 5.85. The molecule has 1 atom stereocenters. The molecule has 1 aromatic rings. The van der Waals surface area contributed by atoms with E-state index in [1.54, 1.807) is 6.07 Å². The Morgan fingerprint density at radius 3 is 3.06 bits per heavy atom. The summed E-state index contributed by atoms with van der Waals surface area (Å²) in [7, 11) is 0. The van der Waals surface area contributed by atoms with Gasteiger partial charge in [0.05, 0.1) is 5.56 Å². The zero-order valence-electron chi connectivity index (χ0n) is 10.0. The van der Waals surface area contributed by atoms with Crippen molar-refractivity contribution >= 4 is 23.4 Å². The van der Waals surface area contributed by atoms with E-state index in [2.05, 4.69) is 5.32 Å². The Balaban J connectivity index is 2.05. The molecule has 1 aromatic carbocycles. The Hall–Kier alpha value is -1.16. The fourth-order valence-corrected chi connectivity index (χ4v) is 3.06. The van der Waals surface area contributed by atoms with Gasteiger partial charge >= 0.3 is 0 Å². The maximum atomic E-state index is 12.1. The molecule has 1 fully saturated rings. The molecule has 3 N–H and O–H groups in total. The third-order valence-corrected chi connectivity index (χ3v) is 4.16. The van der Waals surface area contributed by atoms with E-state index in [4.69, 9.17) is 5.73 Å². The quantitative estimate of drug-likeness (QED) is 0.791. The number of hydrogen-bond donors (Lipinski definition) is 2. The number of nitrogens with two attached hydrogens (primary N) is 1. The van der Waals surface area contributed by atoms with Crippen LogP contribution in [0.2, 0.25) is 0 Å². The summed E-state index contributed by atoms with van der Waals surface area (Å²) >= 11 is 1.90. The van der Waals surface area contributed by atoms with Crippen LogP contribution in [0.3, 0.4) is 0 Å². The molecule has 4 heteroatoms. The average Bonchev–Trinajstić information content (AvgIpc) is 2.33. The fourth-order valence-electron chi connectivity index (χ4n) is 1.98. The number of carbonyl (C=O) groups excluding carboxylic acids is 1. The van der Waals surface area contributed by atoms with E-state index in [1.165, 1.54) is 12.2 Å². The molecule has 1 aliphatic heterocycles. The minimum Gasteiger partial charge on any atom is -0.398 e. The molecule has 1 saturated heterocycles. The van der Waals surface area contributed by atoms with Crippen molar-refractivity contribution in [3.63, 3.8) is 0 Å². The Morgan fingerprint density at radius 2 is 2.35 bits per heavy atom. The third-order valence-electron chi connectivity index (χ3n) is 2.95. The Bertz CT molecular complexity index is 414. The minimum atomic E-state index is -0.0429. The van der Waals surface area contributed by atoms with Crippen LogP contribution in [0.1, 0.15) is 28.8 Å². The van der Waals surface area contributed by atoms with Crippen LogP contribution in [-0.4, -0.2) is 23.5 Å². The van der Waals surface area contributed by atoms with Crippen molar-refractivity contribution in [1.29, 1.82) is 0 Å². The first-order valence-corrected chi connectivity index (χ1v) is 7.07. The zero-order valence-corrected chi connectivity index (χ0v) is 10.8. The second-order valence-corrected chi connectivity index (χ2v) is 5.63. The molecule has 0 radical (unpaired) electrons. The number of rotatable bonds is 2. The van der Waals surface area contributed by atoms with Crippen LogP contribution in [0.15, 0.2) is 18.2 Å². The van der Waals surface area contributed by atoms with E-state index in [1.807, 2.05) is 30.8 Å². The van der Waals surface area contributed by atoms with Gasteiger partial charge in [0.1, 0.15) is 0 Å². The molecule has 92 valence electrons. The predicted octanol–water partition coefficient (Wildman–Crippen LogP) is 2.20. The normalized spacial score (nSPS) is 19.9. The maximum absolute atomic E-state index is 12.1. The molecular weight excluding hydrogens is 232 g/mol. The van der Waals surface area contributed by atoms with Crippen molar-refractivity contribution in [2.45, 2.75) is 25.8 Å². The number of thioether (sulfide) groups is 1. The molecule has 1 amide bonds. The Morgan fingerprint density at radius 1 is 1.53 bits per heavy atom. The zero-order chi connectivity index (χ0) is 12.3. The summed E-state index contributed by atoms with van der Waals surface area (Å²) < 4.78 is 0. The molecule has 0 bridgehead atoms. The molecular formula is C13H18N2OS. The summed E-state index contributed by atoms with van der Waals surface area (Å²) in [6.07, 6.45) is 2.25. The number of nitrogens with one attached hydrogen (secondary N) is 1. The largest absolute Gasteiger partial charge is 0.398 e. The number of aryl methyl sites for hydroxylation is 1. The number of nitrogen functional groups attached to an aromatic ring is 1. The second-order valence-electron chi connectivity index (χ2n) is 4.48. The van der Waals surface area contributed by atoms with Crippen LogP contribution in [0.25, 0.3) is 0 Å². The molecule has 17 heavy (non-hydrogen) atoms. The van der Waals surface area contributed by atoms with Gasteiger partial charge in [0.2, 0.25) is 0 Å². The van der Waals surface area contributed by atoms with E-state index in [0.717, 1.165) is 17.7 Å². The summed E-state index contributed by atoms with van der Waals surface area (Å²) in [5.41, 5.74) is 8.04. The van der Waals surface area contributed by atoms with Crippen molar-refractivity contribution in [3.8, 4) is 0 Å². The van der Waals surface area contributed by atoms with E-state index < -0.39 is 0 Å². The lowest BCUT2D eigenvalue weighted by Crippen LogP contribution is -2.38. The van der Waals surface area contributed by atoms with Crippen molar-refractivity contribution in [3.05, 3.63) is 29.3 Å². The molecule has 1 heterocycles. The highest BCUT2D eigenvalue weighted by molar-refractivity contribution is 7.99. The van der Waals surface area contributed by atoms with Gasteiger partial charge in [-0.15, -0.1) is 0 Å². The lowest BCUT2D eigenvalue weighted by atomic mass is 10.1. The van der Waals surface area contributed by atoms with Crippen molar-refractivity contribution < 1.29 is 4.79 Å². The topological polar surface area (TPSA) is 55.1 Å². The Kier molecular flexibility index (Phi) is 3.94. The van der Waals surface area contributed by atoms with E-state index in [0.29, 0.717) is 17.3 Å². The van der Waals surface area contributed by atoms with Crippen LogP contribution in [0, 0.1) is 6.92 Å². The van der Waals surface area contributed by atoms with Crippen LogP contribution < -0.4 is 11.1 Å². The molecule has 0 spiro atoms. The molecule has 1 unspecified atom stereocenters. The van der Waals surface area contributed by atoms with Gasteiger partial charge in [0.25, 0.3) is 5.91 Å². The number of anilines is 1. The van der Waals surface area contributed by atoms with Crippen molar-refractivity contribution in [1.82, 2.24) is 5.32 Å². The number of carbonyl (C=O) groups is 1. The maximum Gasteiger partial charge on any atom is 0.253 e. The molecule has 1 aliphatic rings. The fraction of sp³-hybridized carbons (Fsp3) is 0.462. The highest BCUT2D eigenvalue weighted by atomic mass is 32.2. The van der Waals surface area contributed by atoms with Gasteiger partial charge in [-0.3, -0.25) is 4.79 Å². The predicted molar refractivity (Wildman–Crippen MR) is 73.4 cm³/mol. The van der Waals surface area contributed by atoms with Gasteiger partial charge in [-0.25, -0.2) is 0 Å². The van der Waals surface area contributed by atoms with E-state index in [-0.39, 0.29) is 5.91 Å². The second kappa shape index (κ2) is 5.45. The van der Waals surface area contributed by atoms with Gasteiger partial charge in [0.15, 0.2) is 0 Å². The molecule has 3 nitrogen and oxygen atoms in total. The highest BCUT2D eigenvalue weighted by Gasteiger charge is 2.18. The monoisotopic (exact) mass is 250 g/mol. The van der Waals surface area contributed by atoms with Gasteiger partial charge in [0, 0.05) is 17.5 Å². The SMILES string of the molecule is Cc1ccc(N)c(C(=O)NC2CCCSC2)c1. The third kappa shape index (κ3) is 3.16. The summed E-state index contributed by atoms with van der Waals surface area (Å²) in [5, 5.41) is 3.06. The molecule has 0 aliphatic carbocycles. The number of amides is 1. The smallest absolute Gasteiger partial charge is 0.253 e. The molecule has 2 rings (SSSR count). The molecule has 0 saturated carbocycles. The number of benzene rings is 1. The minimum absolute atomic E-state index is 0.0429. The van der Waals surface area contributed by atoms with Crippen molar-refractivity contribution in [2.24, 2.45) is 0 Å². The standard InChI is InChI=1S/C13H18N2OS/c1-9-4-5-12(14)11(7-9)13(16)15-10-3-2-6-17-8-10/h4-5,7,10H,2-3,6,8,14H2,1H3,(H,15,16). The van der Waals surface area contributed by atoms with Crippen LogP contribution >= 0.6 is 11.8 Å². The van der Waals surface area contributed by atoms with Gasteiger partial charge in [-0.2, -0.15) is 11.8 Å². The van der Waals surface area contributed by atoms with E-state index >= 15 is 0 Å². The first kappa shape index (κ1) is 12.3. The first-order valence-electron chi connectivity index (χ1n) is 5.91. The lowest BCUT2D eigenvalue weighted by Gasteiger charge is -2.22.